The van der Waals surface area contributed by atoms with E-state index in [0.29, 0.717) is 0 Å². The van der Waals surface area contributed by atoms with Gasteiger partial charge < -0.3 is 5.73 Å². The van der Waals surface area contributed by atoms with Crippen LogP contribution in [0.1, 0.15) is 11.3 Å². The zero-order chi connectivity index (χ0) is 10.1. The second-order valence-corrected chi connectivity index (χ2v) is 2.40. The molecule has 0 aliphatic heterocycles. The van der Waals surface area contributed by atoms with Gasteiger partial charge in [-0.05, 0) is 12.1 Å². The third-order valence-electron chi connectivity index (χ3n) is 1.44. The van der Waals surface area contributed by atoms with Gasteiger partial charge in [-0.3, -0.25) is 4.98 Å². The average Bonchev–Trinajstić information content (AvgIpc) is 2.03. The number of anilines is 1. The van der Waals surface area contributed by atoms with Gasteiger partial charge in [-0.25, -0.2) is 0 Å². The first kappa shape index (κ1) is 9.57. The normalized spacial score (nSPS) is 11.3. The molecule has 1 heterocycles. The van der Waals surface area contributed by atoms with Crippen molar-refractivity contribution in [1.82, 2.24) is 4.98 Å². The summed E-state index contributed by atoms with van der Waals surface area (Å²) >= 11 is 0. The highest BCUT2D eigenvalue weighted by Crippen LogP contribution is 2.32. The predicted octanol–water partition coefficient (Wildman–Crippen LogP) is 2.33. The Labute approximate surface area is 72.9 Å². The van der Waals surface area contributed by atoms with E-state index in [4.69, 9.17) is 5.73 Å². The SMILES string of the molecule is C=Cc1ncc(N)cc1C(F)(F)F. The van der Waals surface area contributed by atoms with Gasteiger partial charge in [0.15, 0.2) is 0 Å². The minimum absolute atomic E-state index is 0.0158. The molecule has 0 unspecified atom stereocenters. The van der Waals surface area contributed by atoms with Crippen molar-refractivity contribution in [3.05, 3.63) is 30.1 Å². The Morgan fingerprint density at radius 2 is 2.08 bits per heavy atom. The molecule has 2 N–H and O–H groups in total. The maximum atomic E-state index is 12.3. The molecule has 0 spiro atoms. The van der Waals surface area contributed by atoms with Crippen molar-refractivity contribution in [3.63, 3.8) is 0 Å². The standard InChI is InChI=1S/C8H7F3N2/c1-2-7-6(8(9,10)11)3-5(12)4-13-7/h2-4H,1,12H2. The quantitative estimate of drug-likeness (QED) is 0.734. The first-order valence-electron chi connectivity index (χ1n) is 3.40. The molecule has 0 amide bonds. The van der Waals surface area contributed by atoms with Gasteiger partial charge in [-0.2, -0.15) is 13.2 Å². The minimum atomic E-state index is -4.44. The number of hydrogen-bond acceptors (Lipinski definition) is 2. The molecule has 0 atom stereocenters. The first-order valence-corrected chi connectivity index (χ1v) is 3.40. The summed E-state index contributed by atoms with van der Waals surface area (Å²) < 4.78 is 36.8. The van der Waals surface area contributed by atoms with Crippen molar-refractivity contribution >= 4 is 11.8 Å². The second kappa shape index (κ2) is 3.08. The summed E-state index contributed by atoms with van der Waals surface area (Å²) in [5.74, 6) is 0. The Morgan fingerprint density at radius 1 is 1.46 bits per heavy atom. The number of alkyl halides is 3. The Hall–Kier alpha value is -1.52. The van der Waals surface area contributed by atoms with Crippen LogP contribution < -0.4 is 5.73 Å². The van der Waals surface area contributed by atoms with Crippen LogP contribution in [0.15, 0.2) is 18.8 Å². The highest BCUT2D eigenvalue weighted by Gasteiger charge is 2.33. The van der Waals surface area contributed by atoms with Gasteiger partial charge in [0, 0.05) is 0 Å². The molecule has 0 fully saturated rings. The summed E-state index contributed by atoms with van der Waals surface area (Å²) in [5, 5.41) is 0. The second-order valence-electron chi connectivity index (χ2n) is 2.40. The Bertz CT molecular complexity index is 331. The highest BCUT2D eigenvalue weighted by atomic mass is 19.4. The van der Waals surface area contributed by atoms with E-state index in [-0.39, 0.29) is 11.4 Å². The van der Waals surface area contributed by atoms with Crippen LogP contribution in [0.4, 0.5) is 18.9 Å². The predicted molar refractivity (Wildman–Crippen MR) is 43.7 cm³/mol. The average molecular weight is 188 g/mol. The van der Waals surface area contributed by atoms with E-state index in [9.17, 15) is 13.2 Å². The topological polar surface area (TPSA) is 38.9 Å². The van der Waals surface area contributed by atoms with Crippen molar-refractivity contribution in [2.24, 2.45) is 0 Å². The first-order chi connectivity index (χ1) is 5.95. The number of nitrogen functional groups attached to an aromatic ring is 1. The fourth-order valence-corrected chi connectivity index (χ4v) is 0.881. The van der Waals surface area contributed by atoms with E-state index in [1.807, 2.05) is 0 Å². The van der Waals surface area contributed by atoms with Crippen molar-refractivity contribution in [2.75, 3.05) is 5.73 Å². The third kappa shape index (κ3) is 1.99. The van der Waals surface area contributed by atoms with Crippen LogP contribution in [0, 0.1) is 0 Å². The van der Waals surface area contributed by atoms with Gasteiger partial charge in [0.05, 0.1) is 23.1 Å². The van der Waals surface area contributed by atoms with Gasteiger partial charge in [-0.1, -0.05) is 6.58 Å². The Balaban J connectivity index is 3.32. The molecule has 0 aliphatic rings. The fourth-order valence-electron chi connectivity index (χ4n) is 0.881. The molecule has 1 aromatic heterocycles. The largest absolute Gasteiger partial charge is 0.418 e. The van der Waals surface area contributed by atoms with Gasteiger partial charge in [0.1, 0.15) is 0 Å². The van der Waals surface area contributed by atoms with Crippen molar-refractivity contribution in [1.29, 1.82) is 0 Å². The maximum absolute atomic E-state index is 12.3. The molecule has 5 heteroatoms. The van der Waals surface area contributed by atoms with E-state index in [1.165, 1.54) is 0 Å². The van der Waals surface area contributed by atoms with Crippen molar-refractivity contribution < 1.29 is 13.2 Å². The van der Waals surface area contributed by atoms with E-state index in [1.54, 1.807) is 0 Å². The molecule has 70 valence electrons. The number of nitrogens with zero attached hydrogens (tertiary/aromatic N) is 1. The van der Waals surface area contributed by atoms with Crippen LogP contribution in [0.25, 0.3) is 6.08 Å². The van der Waals surface area contributed by atoms with Gasteiger partial charge in [-0.15, -0.1) is 0 Å². The van der Waals surface area contributed by atoms with E-state index >= 15 is 0 Å². The number of rotatable bonds is 1. The van der Waals surface area contributed by atoms with Gasteiger partial charge in [0.2, 0.25) is 0 Å². The smallest absolute Gasteiger partial charge is 0.397 e. The number of nitrogens with two attached hydrogens (primary N) is 1. The molecular formula is C8H7F3N2. The molecule has 1 rings (SSSR count). The Kier molecular flexibility index (Phi) is 2.27. The molecule has 0 aromatic carbocycles. The van der Waals surface area contributed by atoms with Gasteiger partial charge in [0.25, 0.3) is 0 Å². The molecule has 2 nitrogen and oxygen atoms in total. The molecule has 0 saturated carbocycles. The lowest BCUT2D eigenvalue weighted by molar-refractivity contribution is -0.137. The number of hydrogen-bond donors (Lipinski definition) is 1. The van der Waals surface area contributed by atoms with Crippen LogP contribution in [0.5, 0.6) is 0 Å². The van der Waals surface area contributed by atoms with E-state index in [2.05, 4.69) is 11.6 Å². The summed E-state index contributed by atoms with van der Waals surface area (Å²) in [6, 6.07) is 0.837. The minimum Gasteiger partial charge on any atom is -0.397 e. The molecule has 13 heavy (non-hydrogen) atoms. The molecule has 0 bridgehead atoms. The Morgan fingerprint density at radius 3 is 2.54 bits per heavy atom. The van der Waals surface area contributed by atoms with E-state index < -0.39 is 11.7 Å². The summed E-state index contributed by atoms with van der Waals surface area (Å²) in [6.07, 6.45) is -2.24. The van der Waals surface area contributed by atoms with Crippen LogP contribution in [-0.2, 0) is 6.18 Å². The maximum Gasteiger partial charge on any atom is 0.418 e. The molecule has 0 radical (unpaired) electrons. The molecule has 1 aromatic rings. The van der Waals surface area contributed by atoms with Crippen molar-refractivity contribution in [3.8, 4) is 0 Å². The third-order valence-corrected chi connectivity index (χ3v) is 1.44. The van der Waals surface area contributed by atoms with Crippen LogP contribution >= 0.6 is 0 Å². The fraction of sp³-hybridized carbons (Fsp3) is 0.125. The van der Waals surface area contributed by atoms with Crippen LogP contribution in [-0.4, -0.2) is 4.98 Å². The number of pyridine rings is 1. The number of halogens is 3. The summed E-state index contributed by atoms with van der Waals surface area (Å²) in [7, 11) is 0. The summed E-state index contributed by atoms with van der Waals surface area (Å²) in [4.78, 5) is 3.50. The zero-order valence-corrected chi connectivity index (χ0v) is 6.60. The lowest BCUT2D eigenvalue weighted by Gasteiger charge is -2.09. The zero-order valence-electron chi connectivity index (χ0n) is 6.60. The lowest BCUT2D eigenvalue weighted by atomic mass is 10.1. The molecule has 0 aliphatic carbocycles. The van der Waals surface area contributed by atoms with Gasteiger partial charge >= 0.3 is 6.18 Å². The number of aromatic nitrogens is 1. The van der Waals surface area contributed by atoms with E-state index in [0.717, 1.165) is 18.3 Å². The summed E-state index contributed by atoms with van der Waals surface area (Å²) in [6.45, 7) is 3.23. The van der Waals surface area contributed by atoms with Crippen molar-refractivity contribution in [2.45, 2.75) is 6.18 Å². The lowest BCUT2D eigenvalue weighted by Crippen LogP contribution is -2.09. The highest BCUT2D eigenvalue weighted by molar-refractivity contribution is 5.52. The van der Waals surface area contributed by atoms with Crippen LogP contribution in [0.3, 0.4) is 0 Å². The van der Waals surface area contributed by atoms with Crippen LogP contribution in [0.2, 0.25) is 0 Å². The molecular weight excluding hydrogens is 181 g/mol. The monoisotopic (exact) mass is 188 g/mol. The molecule has 0 saturated heterocycles. The summed E-state index contributed by atoms with van der Waals surface area (Å²) in [5.41, 5.74) is 4.10.